The number of pyridine rings is 1. The first-order chi connectivity index (χ1) is 18.7. The molecule has 0 saturated heterocycles. The van der Waals surface area contributed by atoms with Crippen LogP contribution in [-0.2, 0) is 19.3 Å². The first-order valence-corrected chi connectivity index (χ1v) is 12.0. The maximum Gasteiger partial charge on any atom is 0.416 e. The Hall–Kier alpha value is -4.92. The molecule has 5 rings (SSSR count). The second-order valence-electron chi connectivity index (χ2n) is 9.02. The number of hydrogen-bond acceptors (Lipinski definition) is 3. The molecular weight excluding hydrogens is 507 g/mol. The van der Waals surface area contributed by atoms with Crippen LogP contribution in [0.3, 0.4) is 0 Å². The van der Waals surface area contributed by atoms with Gasteiger partial charge in [-0.15, -0.1) is 0 Å². The first kappa shape index (κ1) is 25.7. The zero-order valence-corrected chi connectivity index (χ0v) is 20.4. The van der Waals surface area contributed by atoms with E-state index in [2.05, 4.69) is 10.3 Å². The zero-order valence-electron chi connectivity index (χ0n) is 20.4. The normalized spacial score (nSPS) is 11.5. The molecule has 6 nitrogen and oxygen atoms in total. The van der Waals surface area contributed by atoms with E-state index in [1.54, 1.807) is 36.8 Å². The van der Waals surface area contributed by atoms with E-state index in [1.165, 1.54) is 24.3 Å². The van der Waals surface area contributed by atoms with Crippen LogP contribution >= 0.6 is 0 Å². The van der Waals surface area contributed by atoms with Crippen LogP contribution in [0.15, 0.2) is 97.5 Å². The van der Waals surface area contributed by atoms with Crippen LogP contribution in [0, 0.1) is 0 Å². The highest BCUT2D eigenvalue weighted by molar-refractivity contribution is 6.07. The molecule has 0 fully saturated rings. The number of halogens is 3. The van der Waals surface area contributed by atoms with Crippen molar-refractivity contribution in [2.24, 2.45) is 0 Å². The van der Waals surface area contributed by atoms with Crippen molar-refractivity contribution in [1.29, 1.82) is 0 Å². The number of nitrogens with one attached hydrogen (secondary N) is 1. The number of benzene rings is 3. The third-order valence-corrected chi connectivity index (χ3v) is 6.41. The summed E-state index contributed by atoms with van der Waals surface area (Å²) in [5.74, 6) is -1.37. The van der Waals surface area contributed by atoms with Crippen molar-refractivity contribution in [3.8, 4) is 11.1 Å². The molecule has 9 heteroatoms. The van der Waals surface area contributed by atoms with Gasteiger partial charge in [0.15, 0.2) is 0 Å². The van der Waals surface area contributed by atoms with Gasteiger partial charge in [-0.05, 0) is 76.9 Å². The lowest BCUT2D eigenvalue weighted by molar-refractivity contribution is -0.137. The molecular formula is C30H22F3N3O3. The summed E-state index contributed by atoms with van der Waals surface area (Å²) in [4.78, 5) is 28.7. The van der Waals surface area contributed by atoms with Crippen molar-refractivity contribution >= 4 is 22.8 Å². The summed E-state index contributed by atoms with van der Waals surface area (Å²) in [5.41, 5.74) is 3.55. The SMILES string of the molecule is O=C(O)c1ccc(CNC(=O)c2cc(-c3ccncc3)cc3ccn(Cc4ccc(C(F)(F)F)cc4)c23)cc1. The molecule has 0 aliphatic rings. The molecule has 0 aliphatic heterocycles. The second kappa shape index (κ2) is 10.4. The summed E-state index contributed by atoms with van der Waals surface area (Å²) >= 11 is 0. The Bertz CT molecular complexity index is 1640. The Kier molecular flexibility index (Phi) is 6.89. The third kappa shape index (κ3) is 5.67. The highest BCUT2D eigenvalue weighted by atomic mass is 19.4. The molecule has 0 radical (unpaired) electrons. The van der Waals surface area contributed by atoms with Gasteiger partial charge in [0, 0.05) is 37.1 Å². The van der Waals surface area contributed by atoms with Crippen molar-refractivity contribution < 1.29 is 27.9 Å². The fourth-order valence-electron chi connectivity index (χ4n) is 4.40. The lowest BCUT2D eigenvalue weighted by atomic mass is 10.0. The number of fused-ring (bicyclic) bond motifs is 1. The number of aromatic carboxylic acids is 1. The minimum absolute atomic E-state index is 0.151. The number of amides is 1. The van der Waals surface area contributed by atoms with Gasteiger partial charge in [0.05, 0.1) is 22.2 Å². The van der Waals surface area contributed by atoms with Crippen LogP contribution in [0.1, 0.15) is 37.4 Å². The average Bonchev–Trinajstić information content (AvgIpc) is 3.34. The van der Waals surface area contributed by atoms with Gasteiger partial charge in [-0.3, -0.25) is 9.78 Å². The molecule has 2 aromatic heterocycles. The molecule has 3 aromatic carbocycles. The van der Waals surface area contributed by atoms with Gasteiger partial charge in [0.2, 0.25) is 0 Å². The van der Waals surface area contributed by atoms with E-state index in [-0.39, 0.29) is 24.6 Å². The zero-order chi connectivity index (χ0) is 27.6. The van der Waals surface area contributed by atoms with Gasteiger partial charge in [0.25, 0.3) is 5.91 Å². The number of hydrogen-bond donors (Lipinski definition) is 2. The van der Waals surface area contributed by atoms with E-state index < -0.39 is 17.7 Å². The van der Waals surface area contributed by atoms with Crippen LogP contribution in [0.4, 0.5) is 13.2 Å². The van der Waals surface area contributed by atoms with Crippen LogP contribution < -0.4 is 5.32 Å². The summed E-state index contributed by atoms with van der Waals surface area (Å²) in [6.07, 6.45) is 0.715. The van der Waals surface area contributed by atoms with E-state index in [0.29, 0.717) is 16.6 Å². The molecule has 0 bridgehead atoms. The quantitative estimate of drug-likeness (QED) is 0.256. The van der Waals surface area contributed by atoms with Gasteiger partial charge >= 0.3 is 12.1 Å². The number of carbonyl (C=O) groups is 2. The number of aromatic nitrogens is 2. The molecule has 0 aliphatic carbocycles. The molecule has 39 heavy (non-hydrogen) atoms. The van der Waals surface area contributed by atoms with Crippen molar-refractivity contribution in [1.82, 2.24) is 14.9 Å². The van der Waals surface area contributed by atoms with E-state index in [1.807, 2.05) is 28.8 Å². The van der Waals surface area contributed by atoms with Gasteiger partial charge in [-0.2, -0.15) is 13.2 Å². The Labute approximate surface area is 221 Å². The lowest BCUT2D eigenvalue weighted by Crippen LogP contribution is -2.23. The maximum absolute atomic E-state index is 13.5. The number of carboxylic acid groups (broad SMARTS) is 1. The highest BCUT2D eigenvalue weighted by Gasteiger charge is 2.30. The van der Waals surface area contributed by atoms with Gasteiger partial charge in [-0.1, -0.05) is 24.3 Å². The molecule has 1 amide bonds. The van der Waals surface area contributed by atoms with Crippen molar-refractivity contribution in [3.05, 3.63) is 125 Å². The van der Waals surface area contributed by atoms with Gasteiger partial charge < -0.3 is 15.0 Å². The monoisotopic (exact) mass is 529 g/mol. The maximum atomic E-state index is 13.5. The highest BCUT2D eigenvalue weighted by Crippen LogP contribution is 2.31. The Morgan fingerprint density at radius 3 is 2.15 bits per heavy atom. The topological polar surface area (TPSA) is 84.2 Å². The smallest absolute Gasteiger partial charge is 0.416 e. The standard InChI is InChI=1S/C30H22F3N3O3/c31-30(32,33)25-7-3-20(4-8-25)18-36-14-11-23-15-24(21-9-12-34-13-10-21)16-26(27(23)36)28(37)35-17-19-1-5-22(6-2-19)29(38)39/h1-16H,17-18H2,(H,35,37)(H,38,39). The lowest BCUT2D eigenvalue weighted by Gasteiger charge is -2.14. The predicted molar refractivity (Wildman–Crippen MR) is 140 cm³/mol. The molecule has 5 aromatic rings. The Morgan fingerprint density at radius 1 is 0.846 bits per heavy atom. The van der Waals surface area contributed by atoms with Gasteiger partial charge in [0.1, 0.15) is 0 Å². The number of carbonyl (C=O) groups excluding carboxylic acids is 1. The first-order valence-electron chi connectivity index (χ1n) is 12.0. The van der Waals surface area contributed by atoms with E-state index >= 15 is 0 Å². The fraction of sp³-hybridized carbons (Fsp3) is 0.100. The Morgan fingerprint density at radius 2 is 1.51 bits per heavy atom. The van der Waals surface area contributed by atoms with Crippen LogP contribution in [-0.4, -0.2) is 26.5 Å². The molecule has 0 spiro atoms. The predicted octanol–water partition coefficient (Wildman–Crippen LogP) is 6.40. The van der Waals surface area contributed by atoms with Crippen molar-refractivity contribution in [2.75, 3.05) is 0 Å². The minimum Gasteiger partial charge on any atom is -0.478 e. The summed E-state index contributed by atoms with van der Waals surface area (Å²) in [6, 6.07) is 20.5. The van der Waals surface area contributed by atoms with Gasteiger partial charge in [-0.25, -0.2) is 4.79 Å². The fourth-order valence-corrected chi connectivity index (χ4v) is 4.40. The molecule has 0 saturated carbocycles. The molecule has 2 N–H and O–H groups in total. The third-order valence-electron chi connectivity index (χ3n) is 6.41. The molecule has 0 unspecified atom stereocenters. The Balaban J connectivity index is 1.49. The summed E-state index contributed by atoms with van der Waals surface area (Å²) in [6.45, 7) is 0.451. The summed E-state index contributed by atoms with van der Waals surface area (Å²) < 4.78 is 40.8. The van der Waals surface area contributed by atoms with Crippen LogP contribution in [0.25, 0.3) is 22.0 Å². The van der Waals surface area contributed by atoms with Crippen molar-refractivity contribution in [2.45, 2.75) is 19.3 Å². The summed E-state index contributed by atoms with van der Waals surface area (Å²) in [7, 11) is 0. The second-order valence-corrected chi connectivity index (χ2v) is 9.02. The average molecular weight is 530 g/mol. The molecule has 0 atom stereocenters. The number of alkyl halides is 3. The minimum atomic E-state index is -4.42. The number of carboxylic acids is 1. The van der Waals surface area contributed by atoms with E-state index in [0.717, 1.165) is 34.2 Å². The largest absolute Gasteiger partial charge is 0.478 e. The molecule has 2 heterocycles. The van der Waals surface area contributed by atoms with Crippen molar-refractivity contribution in [3.63, 3.8) is 0 Å². The number of rotatable bonds is 7. The van der Waals surface area contributed by atoms with E-state index in [9.17, 15) is 22.8 Å². The van der Waals surface area contributed by atoms with E-state index in [4.69, 9.17) is 5.11 Å². The molecule has 196 valence electrons. The number of nitrogens with zero attached hydrogens (tertiary/aromatic N) is 2. The summed E-state index contributed by atoms with van der Waals surface area (Å²) in [5, 5.41) is 12.8. The van der Waals surface area contributed by atoms with Crippen LogP contribution in [0.2, 0.25) is 0 Å². The van der Waals surface area contributed by atoms with Crippen LogP contribution in [0.5, 0.6) is 0 Å².